The zero-order valence-electron chi connectivity index (χ0n) is 8.98. The Morgan fingerprint density at radius 3 is 1.42 bits per heavy atom. The highest BCUT2D eigenvalue weighted by Crippen LogP contribution is 1.96. The molecule has 0 aromatic carbocycles. The van der Waals surface area contributed by atoms with Crippen molar-refractivity contribution in [3.8, 4) is 0 Å². The molecule has 2 N–H and O–H groups in total. The first-order valence-corrected chi connectivity index (χ1v) is 5.21. The van der Waals surface area contributed by atoms with E-state index in [0.29, 0.717) is 12.1 Å². The van der Waals surface area contributed by atoms with Crippen LogP contribution < -0.4 is 10.9 Å². The Bertz CT molecular complexity index is 81.8. The van der Waals surface area contributed by atoms with Gasteiger partial charge in [0.15, 0.2) is 0 Å². The van der Waals surface area contributed by atoms with Crippen molar-refractivity contribution in [2.24, 2.45) is 0 Å². The van der Waals surface area contributed by atoms with E-state index >= 15 is 0 Å². The molecule has 0 rings (SSSR count). The molecule has 0 saturated carbocycles. The van der Waals surface area contributed by atoms with Crippen molar-refractivity contribution in [3.63, 3.8) is 0 Å². The zero-order valence-corrected chi connectivity index (χ0v) is 8.98. The van der Waals surface area contributed by atoms with Crippen molar-refractivity contribution < 1.29 is 0 Å². The molecule has 0 aromatic rings. The third kappa shape index (κ3) is 6.62. The number of nitrogens with one attached hydrogen (secondary N) is 2. The van der Waals surface area contributed by atoms with Gasteiger partial charge in [0.05, 0.1) is 0 Å². The van der Waals surface area contributed by atoms with Crippen molar-refractivity contribution in [2.45, 2.75) is 65.5 Å². The Kier molecular flexibility index (Phi) is 7.51. The standard InChI is InChI=1S/C10H24N2/c1-5-7-9(3)11-12-10(4)8-6-2/h9-12H,5-8H2,1-4H3. The minimum atomic E-state index is 0.592. The molecule has 0 aliphatic carbocycles. The van der Waals surface area contributed by atoms with Gasteiger partial charge in [-0.05, 0) is 26.7 Å². The van der Waals surface area contributed by atoms with Crippen LogP contribution in [0.4, 0.5) is 0 Å². The molecule has 0 bridgehead atoms. The monoisotopic (exact) mass is 172 g/mol. The van der Waals surface area contributed by atoms with E-state index in [1.54, 1.807) is 0 Å². The third-order valence-corrected chi connectivity index (χ3v) is 2.02. The fraction of sp³-hybridized carbons (Fsp3) is 1.00. The predicted molar refractivity (Wildman–Crippen MR) is 55.0 cm³/mol. The minimum Gasteiger partial charge on any atom is -0.255 e. The van der Waals surface area contributed by atoms with Gasteiger partial charge in [0.25, 0.3) is 0 Å². The average molecular weight is 172 g/mol. The van der Waals surface area contributed by atoms with Crippen molar-refractivity contribution in [2.75, 3.05) is 0 Å². The summed E-state index contributed by atoms with van der Waals surface area (Å²) in [5.41, 5.74) is 6.64. The second-order valence-corrected chi connectivity index (χ2v) is 3.67. The Labute approximate surface area is 77.1 Å². The average Bonchev–Trinajstić information content (AvgIpc) is 2.02. The van der Waals surface area contributed by atoms with Crippen molar-refractivity contribution in [3.05, 3.63) is 0 Å². The lowest BCUT2D eigenvalue weighted by molar-refractivity contribution is 0.369. The summed E-state index contributed by atoms with van der Waals surface area (Å²) in [5, 5.41) is 0. The van der Waals surface area contributed by atoms with E-state index in [2.05, 4.69) is 38.5 Å². The summed E-state index contributed by atoms with van der Waals surface area (Å²) in [6.45, 7) is 8.87. The van der Waals surface area contributed by atoms with Gasteiger partial charge >= 0.3 is 0 Å². The van der Waals surface area contributed by atoms with Gasteiger partial charge in [-0.15, -0.1) is 0 Å². The summed E-state index contributed by atoms with van der Waals surface area (Å²) in [6.07, 6.45) is 4.98. The van der Waals surface area contributed by atoms with E-state index in [-0.39, 0.29) is 0 Å². The Morgan fingerprint density at radius 2 is 1.17 bits per heavy atom. The SMILES string of the molecule is CCCC(C)NNC(C)CCC. The summed E-state index contributed by atoms with van der Waals surface area (Å²) >= 11 is 0. The molecule has 0 spiro atoms. The maximum Gasteiger partial charge on any atom is 0.0184 e. The highest BCUT2D eigenvalue weighted by molar-refractivity contribution is 4.60. The van der Waals surface area contributed by atoms with Gasteiger partial charge < -0.3 is 0 Å². The first-order chi connectivity index (χ1) is 5.70. The predicted octanol–water partition coefficient (Wildman–Crippen LogP) is 2.46. The van der Waals surface area contributed by atoms with Crippen molar-refractivity contribution in [1.29, 1.82) is 0 Å². The molecule has 0 amide bonds. The molecular formula is C10H24N2. The fourth-order valence-electron chi connectivity index (χ4n) is 1.29. The van der Waals surface area contributed by atoms with Crippen molar-refractivity contribution >= 4 is 0 Å². The van der Waals surface area contributed by atoms with E-state index in [4.69, 9.17) is 0 Å². The third-order valence-electron chi connectivity index (χ3n) is 2.02. The van der Waals surface area contributed by atoms with Crippen molar-refractivity contribution in [1.82, 2.24) is 10.9 Å². The maximum atomic E-state index is 3.32. The molecule has 2 nitrogen and oxygen atoms in total. The van der Waals surface area contributed by atoms with E-state index in [1.807, 2.05) is 0 Å². The van der Waals surface area contributed by atoms with E-state index in [1.165, 1.54) is 25.7 Å². The molecule has 74 valence electrons. The molecule has 12 heavy (non-hydrogen) atoms. The molecule has 2 unspecified atom stereocenters. The van der Waals surface area contributed by atoms with Gasteiger partial charge in [-0.25, -0.2) is 0 Å². The van der Waals surface area contributed by atoms with Gasteiger partial charge in [-0.2, -0.15) is 0 Å². The Balaban J connectivity index is 3.27. The smallest absolute Gasteiger partial charge is 0.0184 e. The molecule has 0 aliphatic rings. The van der Waals surface area contributed by atoms with Crippen LogP contribution in [0.15, 0.2) is 0 Å². The molecule has 0 saturated heterocycles. The first kappa shape index (κ1) is 11.9. The molecule has 2 atom stereocenters. The Hall–Kier alpha value is -0.0800. The summed E-state index contributed by atoms with van der Waals surface area (Å²) in [5.74, 6) is 0. The largest absolute Gasteiger partial charge is 0.255 e. The topological polar surface area (TPSA) is 24.1 Å². The molecule has 0 aliphatic heterocycles. The Morgan fingerprint density at radius 1 is 0.833 bits per heavy atom. The second-order valence-electron chi connectivity index (χ2n) is 3.67. The summed E-state index contributed by atoms with van der Waals surface area (Å²) in [6, 6.07) is 1.18. The number of hydrogen-bond acceptors (Lipinski definition) is 2. The molecule has 0 aromatic heterocycles. The lowest BCUT2D eigenvalue weighted by Crippen LogP contribution is -2.44. The zero-order chi connectivity index (χ0) is 9.40. The summed E-state index contributed by atoms with van der Waals surface area (Å²) in [7, 11) is 0. The fourth-order valence-corrected chi connectivity index (χ4v) is 1.29. The molecule has 0 fully saturated rings. The van der Waals surface area contributed by atoms with Gasteiger partial charge in [0.2, 0.25) is 0 Å². The second kappa shape index (κ2) is 7.56. The first-order valence-electron chi connectivity index (χ1n) is 5.21. The van der Waals surface area contributed by atoms with E-state index in [9.17, 15) is 0 Å². The maximum absolute atomic E-state index is 3.32. The molecular weight excluding hydrogens is 148 g/mol. The molecule has 0 radical (unpaired) electrons. The lowest BCUT2D eigenvalue weighted by atomic mass is 10.2. The normalized spacial score (nSPS) is 16.0. The molecule has 2 heteroatoms. The van der Waals surface area contributed by atoms with E-state index < -0.39 is 0 Å². The molecule has 0 heterocycles. The lowest BCUT2D eigenvalue weighted by Gasteiger charge is -2.18. The van der Waals surface area contributed by atoms with Gasteiger partial charge in [-0.1, -0.05) is 26.7 Å². The van der Waals surface area contributed by atoms with Crippen LogP contribution >= 0.6 is 0 Å². The highest BCUT2D eigenvalue weighted by Gasteiger charge is 2.01. The highest BCUT2D eigenvalue weighted by atomic mass is 15.4. The van der Waals surface area contributed by atoms with Gasteiger partial charge in [0.1, 0.15) is 0 Å². The number of hydrazine groups is 1. The van der Waals surface area contributed by atoms with Crippen LogP contribution in [0.1, 0.15) is 53.4 Å². The van der Waals surface area contributed by atoms with Crippen LogP contribution in [0, 0.1) is 0 Å². The van der Waals surface area contributed by atoms with Crippen LogP contribution in [-0.4, -0.2) is 12.1 Å². The van der Waals surface area contributed by atoms with Gasteiger partial charge in [-0.3, -0.25) is 10.9 Å². The minimum absolute atomic E-state index is 0.592. The van der Waals surface area contributed by atoms with Crippen LogP contribution in [0.5, 0.6) is 0 Å². The van der Waals surface area contributed by atoms with Crippen LogP contribution in [-0.2, 0) is 0 Å². The summed E-state index contributed by atoms with van der Waals surface area (Å²) in [4.78, 5) is 0. The van der Waals surface area contributed by atoms with Gasteiger partial charge in [0, 0.05) is 12.1 Å². The quantitative estimate of drug-likeness (QED) is 0.576. The van der Waals surface area contributed by atoms with Crippen LogP contribution in [0.2, 0.25) is 0 Å². The number of rotatable bonds is 7. The number of hydrogen-bond donors (Lipinski definition) is 2. The summed E-state index contributed by atoms with van der Waals surface area (Å²) < 4.78 is 0. The van der Waals surface area contributed by atoms with Crippen LogP contribution in [0.3, 0.4) is 0 Å². The van der Waals surface area contributed by atoms with Crippen LogP contribution in [0.25, 0.3) is 0 Å². The van der Waals surface area contributed by atoms with E-state index in [0.717, 1.165) is 0 Å².